The van der Waals surface area contributed by atoms with E-state index in [1.54, 1.807) is 13.8 Å². The smallest absolute Gasteiger partial charge is 0.391 e. The number of nitrogens with two attached hydrogens (primary N) is 1. The molecule has 0 bridgehead atoms. The molecule has 0 spiro atoms. The molecule has 2 nitrogen and oxygen atoms in total. The third-order valence-electron chi connectivity index (χ3n) is 2.65. The van der Waals surface area contributed by atoms with E-state index in [4.69, 9.17) is 5.73 Å². The lowest BCUT2D eigenvalue weighted by atomic mass is 9.93. The lowest BCUT2D eigenvalue weighted by Gasteiger charge is -2.23. The van der Waals surface area contributed by atoms with Gasteiger partial charge in [0.05, 0.1) is 17.7 Å². The summed E-state index contributed by atoms with van der Waals surface area (Å²) in [4.78, 5) is 0. The first-order chi connectivity index (χ1) is 7.73. The number of rotatable bonds is 3. The molecule has 1 aromatic rings. The quantitative estimate of drug-likeness (QED) is 0.862. The first-order valence-corrected chi connectivity index (χ1v) is 5.34. The normalized spacial score (nSPS) is 16.0. The molecule has 0 fully saturated rings. The third kappa shape index (κ3) is 3.44. The van der Waals surface area contributed by atoms with Crippen molar-refractivity contribution in [2.24, 2.45) is 11.7 Å². The molecule has 0 radical (unpaired) electrons. The molecular weight excluding hydrogens is 231 g/mol. The van der Waals surface area contributed by atoms with Gasteiger partial charge < -0.3 is 10.8 Å². The van der Waals surface area contributed by atoms with Crippen molar-refractivity contribution < 1.29 is 18.3 Å². The Hall–Kier alpha value is -1.07. The molecule has 1 aromatic carbocycles. The van der Waals surface area contributed by atoms with Crippen molar-refractivity contribution in [1.29, 1.82) is 0 Å². The van der Waals surface area contributed by atoms with E-state index in [2.05, 4.69) is 0 Å². The first-order valence-electron chi connectivity index (χ1n) is 5.34. The molecule has 0 amide bonds. The maximum Gasteiger partial charge on any atom is 0.416 e. The molecule has 0 saturated heterocycles. The summed E-state index contributed by atoms with van der Waals surface area (Å²) in [5.74, 6) is -0.112. The van der Waals surface area contributed by atoms with Crippen molar-refractivity contribution in [1.82, 2.24) is 0 Å². The minimum Gasteiger partial charge on any atom is -0.391 e. The van der Waals surface area contributed by atoms with Crippen molar-refractivity contribution in [2.45, 2.75) is 32.2 Å². The molecule has 17 heavy (non-hydrogen) atoms. The van der Waals surface area contributed by atoms with Crippen LogP contribution in [0.2, 0.25) is 0 Å². The van der Waals surface area contributed by atoms with Gasteiger partial charge in [-0.2, -0.15) is 13.2 Å². The molecule has 0 aliphatic heterocycles. The molecule has 0 unspecified atom stereocenters. The van der Waals surface area contributed by atoms with Crippen LogP contribution in [-0.4, -0.2) is 11.2 Å². The van der Waals surface area contributed by atoms with Crippen LogP contribution in [0.4, 0.5) is 13.2 Å². The summed E-state index contributed by atoms with van der Waals surface area (Å²) in [5, 5.41) is 9.74. The van der Waals surface area contributed by atoms with E-state index in [1.165, 1.54) is 12.1 Å². The van der Waals surface area contributed by atoms with Gasteiger partial charge in [-0.05, 0) is 23.6 Å². The SMILES string of the molecule is CC(C)[C@H](O)[C@H](N)c1cccc(C(F)(F)F)c1. The Morgan fingerprint density at radius 1 is 1.24 bits per heavy atom. The van der Waals surface area contributed by atoms with Crippen LogP contribution in [0.5, 0.6) is 0 Å². The fourth-order valence-corrected chi connectivity index (χ4v) is 1.53. The summed E-state index contributed by atoms with van der Waals surface area (Å²) in [6.45, 7) is 3.52. The maximum absolute atomic E-state index is 12.5. The largest absolute Gasteiger partial charge is 0.416 e. The standard InChI is InChI=1S/C12H16F3NO/c1-7(2)11(17)10(16)8-4-3-5-9(6-8)12(13,14)15/h3-7,10-11,17H,16H2,1-2H3/t10-,11+/m1/s1. The zero-order chi connectivity index (χ0) is 13.2. The van der Waals surface area contributed by atoms with Crippen molar-refractivity contribution in [3.05, 3.63) is 35.4 Å². The van der Waals surface area contributed by atoms with Gasteiger partial charge in [-0.25, -0.2) is 0 Å². The van der Waals surface area contributed by atoms with Crippen LogP contribution in [0.15, 0.2) is 24.3 Å². The van der Waals surface area contributed by atoms with Gasteiger partial charge >= 0.3 is 6.18 Å². The Morgan fingerprint density at radius 3 is 2.29 bits per heavy atom. The van der Waals surface area contributed by atoms with Crippen LogP contribution < -0.4 is 5.73 Å². The van der Waals surface area contributed by atoms with Crippen molar-refractivity contribution in [2.75, 3.05) is 0 Å². The topological polar surface area (TPSA) is 46.2 Å². The Bertz CT molecular complexity index is 376. The zero-order valence-electron chi connectivity index (χ0n) is 9.70. The zero-order valence-corrected chi connectivity index (χ0v) is 9.70. The highest BCUT2D eigenvalue weighted by molar-refractivity contribution is 5.28. The van der Waals surface area contributed by atoms with Crippen molar-refractivity contribution in [3.63, 3.8) is 0 Å². The molecule has 0 aliphatic rings. The predicted molar refractivity (Wildman–Crippen MR) is 59.2 cm³/mol. The average Bonchev–Trinajstić information content (AvgIpc) is 2.26. The Morgan fingerprint density at radius 2 is 1.82 bits per heavy atom. The second kappa shape index (κ2) is 5.06. The number of benzene rings is 1. The van der Waals surface area contributed by atoms with E-state index in [1.807, 2.05) is 0 Å². The molecule has 5 heteroatoms. The lowest BCUT2D eigenvalue weighted by molar-refractivity contribution is -0.137. The molecule has 0 saturated carbocycles. The summed E-state index contributed by atoms with van der Waals surface area (Å²) in [6, 6.07) is 3.95. The van der Waals surface area contributed by atoms with Crippen molar-refractivity contribution in [3.8, 4) is 0 Å². The van der Waals surface area contributed by atoms with Gasteiger partial charge in [0.1, 0.15) is 0 Å². The summed E-state index contributed by atoms with van der Waals surface area (Å²) in [6.07, 6.45) is -5.25. The van der Waals surface area contributed by atoms with Gasteiger partial charge in [-0.15, -0.1) is 0 Å². The van der Waals surface area contributed by atoms with E-state index in [9.17, 15) is 18.3 Å². The highest BCUT2D eigenvalue weighted by atomic mass is 19.4. The fraction of sp³-hybridized carbons (Fsp3) is 0.500. The number of aliphatic hydroxyl groups excluding tert-OH is 1. The number of halogens is 3. The van der Waals surface area contributed by atoms with Crippen molar-refractivity contribution >= 4 is 0 Å². The Labute approximate surface area is 98.3 Å². The van der Waals surface area contributed by atoms with Gasteiger partial charge in [0, 0.05) is 0 Å². The van der Waals surface area contributed by atoms with Crippen LogP contribution in [0.25, 0.3) is 0 Å². The molecule has 96 valence electrons. The third-order valence-corrected chi connectivity index (χ3v) is 2.65. The highest BCUT2D eigenvalue weighted by Gasteiger charge is 2.31. The molecule has 2 atom stereocenters. The second-order valence-corrected chi connectivity index (χ2v) is 4.38. The Balaban J connectivity index is 3.00. The summed E-state index contributed by atoms with van der Waals surface area (Å²) < 4.78 is 37.5. The van der Waals surface area contributed by atoms with Gasteiger partial charge in [0.25, 0.3) is 0 Å². The molecule has 0 heterocycles. The summed E-state index contributed by atoms with van der Waals surface area (Å²) in [5.41, 5.74) is 5.28. The lowest BCUT2D eigenvalue weighted by Crippen LogP contribution is -2.30. The van der Waals surface area contributed by atoms with Gasteiger partial charge in [0.15, 0.2) is 0 Å². The fourth-order valence-electron chi connectivity index (χ4n) is 1.53. The minimum absolute atomic E-state index is 0.112. The van der Waals surface area contributed by atoms with Gasteiger partial charge in [-0.1, -0.05) is 26.0 Å². The van der Waals surface area contributed by atoms with Crippen LogP contribution in [0, 0.1) is 5.92 Å². The van der Waals surface area contributed by atoms with Gasteiger partial charge in [-0.3, -0.25) is 0 Å². The van der Waals surface area contributed by atoms with E-state index < -0.39 is 23.9 Å². The molecule has 3 N–H and O–H groups in total. The van der Waals surface area contributed by atoms with Gasteiger partial charge in [0.2, 0.25) is 0 Å². The molecule has 1 rings (SSSR count). The van der Waals surface area contributed by atoms with Crippen LogP contribution in [-0.2, 0) is 6.18 Å². The number of aliphatic hydroxyl groups is 1. The van der Waals surface area contributed by atoms with E-state index >= 15 is 0 Å². The average molecular weight is 247 g/mol. The monoisotopic (exact) mass is 247 g/mol. The van der Waals surface area contributed by atoms with Crippen LogP contribution >= 0.6 is 0 Å². The minimum atomic E-state index is -4.39. The summed E-state index contributed by atoms with van der Waals surface area (Å²) in [7, 11) is 0. The molecular formula is C12H16F3NO. The first kappa shape index (κ1) is 14.0. The van der Waals surface area contributed by atoms with Crippen LogP contribution in [0.1, 0.15) is 31.0 Å². The van der Waals surface area contributed by atoms with Crippen LogP contribution in [0.3, 0.4) is 0 Å². The maximum atomic E-state index is 12.5. The summed E-state index contributed by atoms with van der Waals surface area (Å²) >= 11 is 0. The molecule has 0 aromatic heterocycles. The molecule has 0 aliphatic carbocycles. The Kier molecular flexibility index (Phi) is 4.16. The van der Waals surface area contributed by atoms with E-state index in [0.29, 0.717) is 5.56 Å². The second-order valence-electron chi connectivity index (χ2n) is 4.38. The highest BCUT2D eigenvalue weighted by Crippen LogP contribution is 2.31. The number of hydrogen-bond donors (Lipinski definition) is 2. The number of alkyl halides is 3. The van der Waals surface area contributed by atoms with E-state index in [0.717, 1.165) is 12.1 Å². The number of hydrogen-bond acceptors (Lipinski definition) is 2. The predicted octanol–water partition coefficient (Wildman–Crippen LogP) is 2.72. The van der Waals surface area contributed by atoms with E-state index in [-0.39, 0.29) is 5.92 Å².